The number of hydrogen-bond donors (Lipinski definition) is 3. The van der Waals surface area contributed by atoms with Crippen molar-refractivity contribution in [2.24, 2.45) is 0 Å². The molecule has 0 radical (unpaired) electrons. The molecule has 1 fully saturated rings. The van der Waals surface area contributed by atoms with Crippen LogP contribution in [-0.4, -0.2) is 186 Å². The third kappa shape index (κ3) is 21.4. The van der Waals surface area contributed by atoms with Gasteiger partial charge in [-0.25, -0.2) is 0 Å². The molecule has 0 aliphatic carbocycles. The van der Waals surface area contributed by atoms with E-state index in [4.69, 9.17) is 22.8 Å². The van der Waals surface area contributed by atoms with E-state index in [1.54, 1.807) is 6.92 Å². The molecule has 16 heteroatoms. The maximum atomic E-state index is 12.1. The normalized spacial score (nSPS) is 17.7. The third-order valence-corrected chi connectivity index (χ3v) is 11.2. The zero-order chi connectivity index (χ0) is 35.6. The number of esters is 1. The number of aliphatic carboxylic acids is 2. The van der Waals surface area contributed by atoms with Gasteiger partial charge in [0.2, 0.25) is 0 Å². The van der Waals surface area contributed by atoms with Crippen molar-refractivity contribution in [2.45, 2.75) is 71.9 Å². The lowest BCUT2D eigenvalue weighted by Crippen LogP contribution is -2.46. The van der Waals surface area contributed by atoms with Crippen LogP contribution in [0.3, 0.4) is 0 Å². The fourth-order valence-electron chi connectivity index (χ4n) is 5.62. The number of carboxylic acid groups (broad SMARTS) is 2. The molecule has 1 heterocycles. The molecule has 3 N–H and O–H groups in total. The number of nitrogens with zero attached hydrogens (tertiary/aromatic N) is 4. The molecule has 282 valence electrons. The van der Waals surface area contributed by atoms with Gasteiger partial charge in [0.05, 0.1) is 38.6 Å². The monoisotopic (exact) mass is 708 g/mol. The van der Waals surface area contributed by atoms with Crippen molar-refractivity contribution < 1.29 is 52.5 Å². The Kier molecular flexibility index (Phi) is 25.0. The highest BCUT2D eigenvalue weighted by molar-refractivity contribution is 6.60. The molecule has 0 bridgehead atoms. The first-order valence-corrected chi connectivity index (χ1v) is 19.7. The molecule has 48 heavy (non-hydrogen) atoms. The van der Waals surface area contributed by atoms with Crippen LogP contribution in [0, 0.1) is 0 Å². The van der Waals surface area contributed by atoms with Crippen molar-refractivity contribution in [3.8, 4) is 0 Å². The molecular formula is C32H64N4O11Si. The number of ether oxygens (including phenoxy) is 2. The molecule has 1 aliphatic heterocycles. The van der Waals surface area contributed by atoms with Crippen molar-refractivity contribution in [3.05, 3.63) is 0 Å². The molecule has 1 atom stereocenters. The van der Waals surface area contributed by atoms with Crippen molar-refractivity contribution in [1.29, 1.82) is 0 Å². The van der Waals surface area contributed by atoms with Crippen molar-refractivity contribution in [3.63, 3.8) is 0 Å². The minimum Gasteiger partial charge on any atom is -0.481 e. The molecule has 1 saturated heterocycles. The number of rotatable bonds is 24. The smallest absolute Gasteiger partial charge is 0.481 e. The Morgan fingerprint density at radius 2 is 1.12 bits per heavy atom. The van der Waals surface area contributed by atoms with E-state index in [2.05, 4.69) is 19.6 Å². The summed E-state index contributed by atoms with van der Waals surface area (Å²) in [5.41, 5.74) is 0. The molecule has 0 aromatic rings. The zero-order valence-electron chi connectivity index (χ0n) is 29.9. The lowest BCUT2D eigenvalue weighted by Gasteiger charge is -2.30. The van der Waals surface area contributed by atoms with E-state index in [-0.39, 0.29) is 31.8 Å². The number of carboxylic acids is 2. The molecule has 0 amide bonds. The second kappa shape index (κ2) is 27.0. The molecule has 1 rings (SSSR count). The maximum absolute atomic E-state index is 12.1. The first-order chi connectivity index (χ1) is 23.1. The number of aliphatic hydroxyl groups is 1. The van der Waals surface area contributed by atoms with Gasteiger partial charge in [-0.05, 0) is 53.6 Å². The van der Waals surface area contributed by atoms with Gasteiger partial charge in [-0.1, -0.05) is 0 Å². The summed E-state index contributed by atoms with van der Waals surface area (Å²) in [5.74, 6) is -1.98. The van der Waals surface area contributed by atoms with Gasteiger partial charge in [0.25, 0.3) is 0 Å². The Balaban J connectivity index is 2.88. The quantitative estimate of drug-likeness (QED) is 0.0745. The van der Waals surface area contributed by atoms with Crippen LogP contribution in [0.4, 0.5) is 0 Å². The van der Waals surface area contributed by atoms with Crippen molar-refractivity contribution in [2.75, 3.05) is 118 Å². The van der Waals surface area contributed by atoms with E-state index in [1.807, 2.05) is 20.8 Å². The predicted molar refractivity (Wildman–Crippen MR) is 183 cm³/mol. The van der Waals surface area contributed by atoms with E-state index in [0.717, 1.165) is 13.0 Å². The lowest BCUT2D eigenvalue weighted by molar-refractivity contribution is -0.143. The Morgan fingerprint density at radius 3 is 1.60 bits per heavy atom. The fourth-order valence-corrected chi connectivity index (χ4v) is 8.20. The average Bonchev–Trinajstić information content (AvgIpc) is 3.04. The first-order valence-electron chi connectivity index (χ1n) is 17.7. The summed E-state index contributed by atoms with van der Waals surface area (Å²) in [4.78, 5) is 43.4. The van der Waals surface area contributed by atoms with Crippen LogP contribution in [0.15, 0.2) is 0 Å². The van der Waals surface area contributed by atoms with E-state index >= 15 is 0 Å². The van der Waals surface area contributed by atoms with Gasteiger partial charge in [0.15, 0.2) is 0 Å². The minimum absolute atomic E-state index is 0.00720. The van der Waals surface area contributed by atoms with E-state index in [1.165, 1.54) is 0 Å². The van der Waals surface area contributed by atoms with Crippen LogP contribution in [-0.2, 0) is 37.1 Å². The molecule has 1 aliphatic rings. The summed E-state index contributed by atoms with van der Waals surface area (Å²) in [5, 5.41) is 29.6. The van der Waals surface area contributed by atoms with Crippen molar-refractivity contribution >= 4 is 26.7 Å². The number of carbonyl (C=O) groups is 3. The minimum atomic E-state index is -2.75. The number of carbonyl (C=O) groups excluding carboxylic acids is 1. The summed E-state index contributed by atoms with van der Waals surface area (Å²) in [6, 6.07) is 0.636. The molecule has 0 aromatic carbocycles. The van der Waals surface area contributed by atoms with Crippen LogP contribution < -0.4 is 0 Å². The molecular weight excluding hydrogens is 644 g/mol. The van der Waals surface area contributed by atoms with Gasteiger partial charge < -0.3 is 52.8 Å². The van der Waals surface area contributed by atoms with Crippen LogP contribution in [0.25, 0.3) is 0 Å². The van der Waals surface area contributed by atoms with E-state index < -0.39 is 26.8 Å². The Bertz CT molecular complexity index is 859. The lowest BCUT2D eigenvalue weighted by atomic mass is 10.2. The van der Waals surface area contributed by atoms with Crippen molar-refractivity contribution in [1.82, 2.24) is 19.6 Å². The van der Waals surface area contributed by atoms with Gasteiger partial charge in [-0.15, -0.1) is 0 Å². The van der Waals surface area contributed by atoms with Crippen LogP contribution in [0.1, 0.15) is 59.8 Å². The summed E-state index contributed by atoms with van der Waals surface area (Å²) >= 11 is 0. The predicted octanol–water partition coefficient (Wildman–Crippen LogP) is 1.32. The average molecular weight is 709 g/mol. The molecule has 1 unspecified atom stereocenters. The van der Waals surface area contributed by atoms with Gasteiger partial charge >= 0.3 is 26.7 Å². The standard InChI is InChI=1S/C32H64N4O11Si/c1-5-44-32(42)13-18-33-14-9-15-36(27-29(37)28-43-25-10-26-48(45-6-2,46-7-3)47-8-4)24-23-35(17-12-31(40)41)22-21-34(20-19-33)16-11-30(38)39/h29,37H,5-28H2,1-4H3,(H,38,39)(H,40,41). The second-order valence-corrected chi connectivity index (χ2v) is 14.6. The van der Waals surface area contributed by atoms with Gasteiger partial charge in [-0.2, -0.15) is 0 Å². The number of β-amino-alcohol motifs (C(OH)–C–C–N with tert-alkyl or cyclic N) is 1. The summed E-state index contributed by atoms with van der Waals surface area (Å²) in [7, 11) is -2.75. The highest BCUT2D eigenvalue weighted by Gasteiger charge is 2.39. The highest BCUT2D eigenvalue weighted by atomic mass is 28.4. The van der Waals surface area contributed by atoms with Gasteiger partial charge in [0.1, 0.15) is 0 Å². The molecule has 0 saturated carbocycles. The number of aliphatic hydroxyl groups excluding tert-OH is 1. The van der Waals surface area contributed by atoms with Crippen LogP contribution in [0.5, 0.6) is 0 Å². The SMILES string of the molecule is CCOC(=O)CCN1CCCN(CC(O)COCCC[Si](OCC)(OCC)OCC)CCN(CCC(=O)O)CCN(CCC(=O)O)CC1. The molecule has 15 nitrogen and oxygen atoms in total. The zero-order valence-corrected chi connectivity index (χ0v) is 30.9. The summed E-state index contributed by atoms with van der Waals surface area (Å²) in [6.07, 6.45) is 1.06. The second-order valence-electron chi connectivity index (χ2n) is 11.8. The Labute approximate surface area is 288 Å². The van der Waals surface area contributed by atoms with Crippen LogP contribution >= 0.6 is 0 Å². The third-order valence-electron chi connectivity index (χ3n) is 8.01. The van der Waals surface area contributed by atoms with Crippen LogP contribution in [0.2, 0.25) is 6.04 Å². The summed E-state index contributed by atoms with van der Waals surface area (Å²) < 4.78 is 28.7. The maximum Gasteiger partial charge on any atom is 0.501 e. The first kappa shape index (κ1) is 44.3. The summed E-state index contributed by atoms with van der Waals surface area (Å²) in [6.45, 7) is 16.9. The van der Waals surface area contributed by atoms with E-state index in [9.17, 15) is 29.7 Å². The Hall–Kier alpha value is -1.73. The Morgan fingerprint density at radius 1 is 0.667 bits per heavy atom. The largest absolute Gasteiger partial charge is 0.501 e. The van der Waals surface area contributed by atoms with E-state index in [0.29, 0.717) is 117 Å². The van der Waals surface area contributed by atoms with Gasteiger partial charge in [0, 0.05) is 97.9 Å². The molecule has 0 spiro atoms. The highest BCUT2D eigenvalue weighted by Crippen LogP contribution is 2.18. The topological polar surface area (TPSA) is 171 Å². The van der Waals surface area contributed by atoms with Gasteiger partial charge in [-0.3, -0.25) is 19.3 Å². The number of hydrogen-bond acceptors (Lipinski definition) is 13. The molecule has 0 aromatic heterocycles. The fraction of sp³-hybridized carbons (Fsp3) is 0.906.